The Balaban J connectivity index is 1.63. The molecule has 2 aromatic rings. The number of carbonyl (C=O) groups excluding carboxylic acids is 1. The lowest BCUT2D eigenvalue weighted by atomic mass is 10.1. The fourth-order valence-electron chi connectivity index (χ4n) is 2.28. The van der Waals surface area contributed by atoms with Crippen molar-refractivity contribution in [3.8, 4) is 5.69 Å². The minimum atomic E-state index is -0.291. The highest BCUT2D eigenvalue weighted by molar-refractivity contribution is 5.88. The van der Waals surface area contributed by atoms with Crippen LogP contribution in [-0.2, 0) is 0 Å². The molecule has 3 rings (SSSR count). The number of nitrogens with one attached hydrogen (secondary N) is 2. The van der Waals surface area contributed by atoms with Crippen molar-refractivity contribution in [2.75, 3.05) is 18.5 Å². The molecule has 1 aliphatic rings. The normalized spacial score (nSPS) is 15.4. The second-order valence-electron chi connectivity index (χ2n) is 5.91. The summed E-state index contributed by atoms with van der Waals surface area (Å²) in [6, 6.07) is 9.44. The van der Waals surface area contributed by atoms with Crippen LogP contribution in [0.2, 0.25) is 0 Å². The third kappa shape index (κ3) is 3.12. The maximum atomic E-state index is 11.9. The van der Waals surface area contributed by atoms with Crippen LogP contribution in [0.15, 0.2) is 36.5 Å². The van der Waals surface area contributed by atoms with Crippen LogP contribution in [0.25, 0.3) is 5.69 Å². The van der Waals surface area contributed by atoms with Crippen LogP contribution in [0, 0.1) is 12.3 Å². The quantitative estimate of drug-likeness (QED) is 0.791. The van der Waals surface area contributed by atoms with Crippen molar-refractivity contribution in [3.05, 3.63) is 42.1 Å². The van der Waals surface area contributed by atoms with Crippen molar-refractivity contribution >= 4 is 11.8 Å². The van der Waals surface area contributed by atoms with Crippen molar-refractivity contribution in [2.24, 2.45) is 5.41 Å². The number of anilines is 1. The molecule has 0 radical (unpaired) electrons. The number of aliphatic hydroxyl groups is 1. The number of aryl methyl sites for hydroxylation is 1. The molecule has 1 aromatic carbocycles. The largest absolute Gasteiger partial charge is 0.396 e. The Hall–Kier alpha value is -2.34. The Morgan fingerprint density at radius 3 is 2.73 bits per heavy atom. The number of nitrogens with zero attached hydrogens (tertiary/aromatic N) is 2. The molecule has 0 atom stereocenters. The van der Waals surface area contributed by atoms with Gasteiger partial charge in [-0.25, -0.2) is 9.48 Å². The molecule has 22 heavy (non-hydrogen) atoms. The van der Waals surface area contributed by atoms with E-state index in [-0.39, 0.29) is 18.1 Å². The molecule has 0 unspecified atom stereocenters. The Kier molecular flexibility index (Phi) is 3.85. The molecule has 0 spiro atoms. The van der Waals surface area contributed by atoms with E-state index in [9.17, 15) is 9.90 Å². The van der Waals surface area contributed by atoms with Crippen molar-refractivity contribution < 1.29 is 9.90 Å². The number of urea groups is 1. The number of hydrogen-bond donors (Lipinski definition) is 3. The van der Waals surface area contributed by atoms with E-state index in [4.69, 9.17) is 0 Å². The second-order valence-corrected chi connectivity index (χ2v) is 5.91. The zero-order valence-corrected chi connectivity index (χ0v) is 12.5. The number of aromatic nitrogens is 2. The van der Waals surface area contributed by atoms with E-state index in [0.717, 1.165) is 24.1 Å². The lowest BCUT2D eigenvalue weighted by Gasteiger charge is -2.12. The third-order valence-corrected chi connectivity index (χ3v) is 4.07. The van der Waals surface area contributed by atoms with Gasteiger partial charge in [-0.05, 0) is 31.9 Å². The molecule has 2 amide bonds. The molecule has 6 heteroatoms. The monoisotopic (exact) mass is 300 g/mol. The highest BCUT2D eigenvalue weighted by Crippen LogP contribution is 2.44. The first kappa shape index (κ1) is 14.6. The number of rotatable bonds is 5. The number of aliphatic hydroxyl groups excluding tert-OH is 1. The van der Waals surface area contributed by atoms with Gasteiger partial charge in [-0.3, -0.25) is 5.32 Å². The second kappa shape index (κ2) is 5.81. The van der Waals surface area contributed by atoms with Crippen LogP contribution in [0.1, 0.15) is 18.4 Å². The fraction of sp³-hybridized carbons (Fsp3) is 0.375. The lowest BCUT2D eigenvalue weighted by molar-refractivity contribution is 0.206. The van der Waals surface area contributed by atoms with Gasteiger partial charge in [0.1, 0.15) is 0 Å². The molecule has 1 fully saturated rings. The van der Waals surface area contributed by atoms with Crippen molar-refractivity contribution in [1.29, 1.82) is 0 Å². The maximum Gasteiger partial charge on any atom is 0.320 e. The predicted octanol–water partition coefficient (Wildman–Crippen LogP) is 2.07. The summed E-state index contributed by atoms with van der Waals surface area (Å²) in [6.45, 7) is 2.51. The molecule has 0 saturated heterocycles. The van der Waals surface area contributed by atoms with Crippen molar-refractivity contribution in [3.63, 3.8) is 0 Å². The van der Waals surface area contributed by atoms with Crippen LogP contribution >= 0.6 is 0 Å². The third-order valence-electron chi connectivity index (χ3n) is 4.07. The van der Waals surface area contributed by atoms with E-state index in [1.54, 1.807) is 4.68 Å². The van der Waals surface area contributed by atoms with Crippen molar-refractivity contribution in [2.45, 2.75) is 19.8 Å². The van der Waals surface area contributed by atoms with Gasteiger partial charge in [0, 0.05) is 23.7 Å². The SMILES string of the molecule is Cc1cn(-c2ccccc2)nc1NC(=O)NCC1(CO)CC1. The smallest absolute Gasteiger partial charge is 0.320 e. The van der Waals surface area contributed by atoms with E-state index in [1.165, 1.54) is 0 Å². The Morgan fingerprint density at radius 2 is 2.09 bits per heavy atom. The molecule has 1 aliphatic carbocycles. The first-order valence-electron chi connectivity index (χ1n) is 7.39. The molecular formula is C16H20N4O2. The first-order valence-corrected chi connectivity index (χ1v) is 7.39. The van der Waals surface area contributed by atoms with Gasteiger partial charge in [0.05, 0.1) is 12.3 Å². The predicted molar refractivity (Wildman–Crippen MR) is 84.1 cm³/mol. The van der Waals surface area contributed by atoms with Gasteiger partial charge in [-0.2, -0.15) is 0 Å². The minimum absolute atomic E-state index is 0.101. The topological polar surface area (TPSA) is 79.2 Å². The van der Waals surface area contributed by atoms with Gasteiger partial charge < -0.3 is 10.4 Å². The summed E-state index contributed by atoms with van der Waals surface area (Å²) in [6.07, 6.45) is 3.80. The summed E-state index contributed by atoms with van der Waals surface area (Å²) in [4.78, 5) is 11.9. The molecule has 0 aliphatic heterocycles. The summed E-state index contributed by atoms with van der Waals surface area (Å²) in [5.41, 5.74) is 1.73. The number of carbonyl (C=O) groups is 1. The minimum Gasteiger partial charge on any atom is -0.396 e. The first-order chi connectivity index (χ1) is 10.6. The Morgan fingerprint density at radius 1 is 1.36 bits per heavy atom. The van der Waals surface area contributed by atoms with Crippen LogP contribution in [0.3, 0.4) is 0 Å². The molecule has 116 valence electrons. The fourth-order valence-corrected chi connectivity index (χ4v) is 2.28. The average Bonchev–Trinajstić information content (AvgIpc) is 3.24. The Labute approximate surface area is 129 Å². The van der Waals surface area contributed by atoms with Crippen LogP contribution < -0.4 is 10.6 Å². The lowest BCUT2D eigenvalue weighted by Crippen LogP contribution is -2.35. The molecule has 3 N–H and O–H groups in total. The van der Waals surface area contributed by atoms with Crippen molar-refractivity contribution in [1.82, 2.24) is 15.1 Å². The maximum absolute atomic E-state index is 11.9. The van der Waals surface area contributed by atoms with E-state index in [2.05, 4.69) is 15.7 Å². The molecule has 1 saturated carbocycles. The molecule has 6 nitrogen and oxygen atoms in total. The van der Waals surface area contributed by atoms with Gasteiger partial charge in [-0.1, -0.05) is 18.2 Å². The molecular weight excluding hydrogens is 280 g/mol. The molecule has 1 heterocycles. The number of amides is 2. The highest BCUT2D eigenvalue weighted by Gasteiger charge is 2.42. The zero-order chi connectivity index (χ0) is 15.6. The number of benzene rings is 1. The summed E-state index contributed by atoms with van der Waals surface area (Å²) in [5.74, 6) is 0.537. The number of para-hydroxylation sites is 1. The van der Waals surface area contributed by atoms with Crippen LogP contribution in [-0.4, -0.2) is 34.1 Å². The molecule has 0 bridgehead atoms. The van der Waals surface area contributed by atoms with Crippen LogP contribution in [0.4, 0.5) is 10.6 Å². The summed E-state index contributed by atoms with van der Waals surface area (Å²) in [5, 5.41) is 19.2. The Bertz CT molecular complexity index is 662. The van der Waals surface area contributed by atoms with E-state index < -0.39 is 0 Å². The zero-order valence-electron chi connectivity index (χ0n) is 12.5. The highest BCUT2D eigenvalue weighted by atomic mass is 16.3. The summed E-state index contributed by atoms with van der Waals surface area (Å²) in [7, 11) is 0. The number of hydrogen-bond acceptors (Lipinski definition) is 3. The van der Waals surface area contributed by atoms with Gasteiger partial charge in [0.15, 0.2) is 5.82 Å². The van der Waals surface area contributed by atoms with Crippen LogP contribution in [0.5, 0.6) is 0 Å². The van der Waals surface area contributed by atoms with Gasteiger partial charge in [0.25, 0.3) is 0 Å². The van der Waals surface area contributed by atoms with E-state index >= 15 is 0 Å². The molecule has 1 aromatic heterocycles. The van der Waals surface area contributed by atoms with Gasteiger partial charge in [-0.15, -0.1) is 5.10 Å². The van der Waals surface area contributed by atoms with E-state index in [0.29, 0.717) is 12.4 Å². The summed E-state index contributed by atoms with van der Waals surface area (Å²) < 4.78 is 1.74. The standard InChI is InChI=1S/C16H20N4O2/c1-12-9-20(13-5-3-2-4-6-13)19-14(12)18-15(22)17-10-16(11-21)7-8-16/h2-6,9,21H,7-8,10-11H2,1H3,(H2,17,18,19,22). The average molecular weight is 300 g/mol. The van der Waals surface area contributed by atoms with Gasteiger partial charge in [0.2, 0.25) is 0 Å². The summed E-state index contributed by atoms with van der Waals surface area (Å²) >= 11 is 0. The van der Waals surface area contributed by atoms with E-state index in [1.807, 2.05) is 43.5 Å². The van der Waals surface area contributed by atoms with Gasteiger partial charge >= 0.3 is 6.03 Å².